The molecule has 1 saturated heterocycles. The van der Waals surface area contributed by atoms with Crippen LogP contribution >= 0.6 is 0 Å². The van der Waals surface area contributed by atoms with Gasteiger partial charge in [-0.2, -0.15) is 0 Å². The summed E-state index contributed by atoms with van der Waals surface area (Å²) >= 11 is 0. The van der Waals surface area contributed by atoms with Crippen molar-refractivity contribution in [2.24, 2.45) is 5.92 Å². The Morgan fingerprint density at radius 3 is 2.43 bits per heavy atom. The molecule has 0 bridgehead atoms. The predicted octanol–water partition coefficient (Wildman–Crippen LogP) is 3.25. The Balaban J connectivity index is 2.07. The van der Waals surface area contributed by atoms with Gasteiger partial charge in [0.2, 0.25) is 11.8 Å². The molecule has 2 amide bonds. The summed E-state index contributed by atoms with van der Waals surface area (Å²) < 4.78 is 0. The summed E-state index contributed by atoms with van der Waals surface area (Å²) in [5.74, 6) is -0.238. The minimum absolute atomic E-state index is 0.0125. The highest BCUT2D eigenvalue weighted by atomic mass is 16.2. The largest absolute Gasteiger partial charge is 0.353 e. The minimum Gasteiger partial charge on any atom is -0.353 e. The van der Waals surface area contributed by atoms with Gasteiger partial charge in [0.1, 0.15) is 0 Å². The van der Waals surface area contributed by atoms with Crippen LogP contribution in [0.4, 0.5) is 5.69 Å². The zero-order chi connectivity index (χ0) is 17.2. The number of nitrogens with zero attached hydrogens (tertiary/aromatic N) is 1. The Bertz CT molecular complexity index is 572. The molecule has 1 fully saturated rings. The second kappa shape index (κ2) is 6.73. The van der Waals surface area contributed by atoms with E-state index in [1.807, 2.05) is 26.0 Å². The van der Waals surface area contributed by atoms with Gasteiger partial charge in [-0.15, -0.1) is 0 Å². The summed E-state index contributed by atoms with van der Waals surface area (Å²) in [6.07, 6.45) is 1.19. The van der Waals surface area contributed by atoms with E-state index in [2.05, 4.69) is 38.2 Å². The van der Waals surface area contributed by atoms with Gasteiger partial charge >= 0.3 is 0 Å². The van der Waals surface area contributed by atoms with E-state index in [1.54, 1.807) is 4.90 Å². The highest BCUT2D eigenvalue weighted by molar-refractivity contribution is 6.00. The number of anilines is 1. The van der Waals surface area contributed by atoms with E-state index in [-0.39, 0.29) is 29.2 Å². The van der Waals surface area contributed by atoms with Crippen LogP contribution in [0.1, 0.15) is 53.0 Å². The van der Waals surface area contributed by atoms with Gasteiger partial charge in [0.15, 0.2) is 0 Å². The fourth-order valence-electron chi connectivity index (χ4n) is 2.74. The van der Waals surface area contributed by atoms with Crippen LogP contribution in [0.25, 0.3) is 0 Å². The molecule has 0 radical (unpaired) electrons. The monoisotopic (exact) mass is 316 g/mol. The van der Waals surface area contributed by atoms with Crippen molar-refractivity contribution >= 4 is 17.5 Å². The first-order chi connectivity index (χ1) is 10.7. The quantitative estimate of drug-likeness (QED) is 0.927. The van der Waals surface area contributed by atoms with E-state index in [4.69, 9.17) is 0 Å². The van der Waals surface area contributed by atoms with Crippen LogP contribution in [0.2, 0.25) is 0 Å². The number of carbonyl (C=O) groups excluding carboxylic acids is 2. The fourth-order valence-corrected chi connectivity index (χ4v) is 2.74. The summed E-state index contributed by atoms with van der Waals surface area (Å²) in [7, 11) is 0. The van der Waals surface area contributed by atoms with Crippen LogP contribution in [-0.2, 0) is 15.0 Å². The summed E-state index contributed by atoms with van der Waals surface area (Å²) in [6.45, 7) is 11.0. The number of rotatable bonds is 4. The third-order valence-corrected chi connectivity index (χ3v) is 4.54. The van der Waals surface area contributed by atoms with Gasteiger partial charge in [0.25, 0.3) is 0 Å². The van der Waals surface area contributed by atoms with Gasteiger partial charge in [-0.25, -0.2) is 0 Å². The Hall–Kier alpha value is -1.84. The van der Waals surface area contributed by atoms with Crippen LogP contribution in [0, 0.1) is 5.92 Å². The number of nitrogens with one attached hydrogen (secondary N) is 1. The van der Waals surface area contributed by atoms with Crippen LogP contribution in [-0.4, -0.2) is 24.4 Å². The lowest BCUT2D eigenvalue weighted by molar-refractivity contribution is -0.126. The Labute approximate surface area is 139 Å². The summed E-state index contributed by atoms with van der Waals surface area (Å²) in [5, 5.41) is 2.98. The van der Waals surface area contributed by atoms with Crippen LogP contribution in [0.15, 0.2) is 24.3 Å². The van der Waals surface area contributed by atoms with Crippen molar-refractivity contribution in [2.75, 3.05) is 11.4 Å². The van der Waals surface area contributed by atoms with E-state index in [0.717, 1.165) is 12.1 Å². The topological polar surface area (TPSA) is 49.4 Å². The van der Waals surface area contributed by atoms with Gasteiger partial charge in [0.05, 0.1) is 5.92 Å². The smallest absolute Gasteiger partial charge is 0.227 e. The van der Waals surface area contributed by atoms with Crippen LogP contribution in [0.5, 0.6) is 0 Å². The lowest BCUT2D eigenvalue weighted by Gasteiger charge is -2.22. The first-order valence-corrected chi connectivity index (χ1v) is 8.43. The zero-order valence-electron chi connectivity index (χ0n) is 14.8. The first kappa shape index (κ1) is 17.5. The molecule has 0 aliphatic carbocycles. The predicted molar refractivity (Wildman–Crippen MR) is 93.5 cm³/mol. The average Bonchev–Trinajstić information content (AvgIpc) is 2.88. The van der Waals surface area contributed by atoms with Crippen molar-refractivity contribution < 1.29 is 9.59 Å². The molecule has 0 saturated carbocycles. The first-order valence-electron chi connectivity index (χ1n) is 8.43. The molecule has 1 aromatic carbocycles. The van der Waals surface area contributed by atoms with Crippen molar-refractivity contribution in [3.05, 3.63) is 29.8 Å². The number of benzene rings is 1. The van der Waals surface area contributed by atoms with Crippen molar-refractivity contribution in [3.8, 4) is 0 Å². The van der Waals surface area contributed by atoms with Crippen molar-refractivity contribution in [3.63, 3.8) is 0 Å². The van der Waals surface area contributed by atoms with Crippen LogP contribution in [0.3, 0.4) is 0 Å². The SMILES string of the molecule is CCC(C)NC(=O)C1CC(=O)N(c2ccc(C(C)(C)C)cc2)C1. The summed E-state index contributed by atoms with van der Waals surface area (Å²) in [6, 6.07) is 8.24. The van der Waals surface area contributed by atoms with E-state index in [1.165, 1.54) is 5.56 Å². The molecular formula is C19H28N2O2. The van der Waals surface area contributed by atoms with E-state index in [0.29, 0.717) is 13.0 Å². The number of hydrogen-bond acceptors (Lipinski definition) is 2. The molecule has 2 unspecified atom stereocenters. The van der Waals surface area contributed by atoms with Gasteiger partial charge in [-0.3, -0.25) is 9.59 Å². The molecule has 1 aliphatic rings. The normalized spacial score (nSPS) is 19.8. The molecule has 1 N–H and O–H groups in total. The maximum Gasteiger partial charge on any atom is 0.227 e. The highest BCUT2D eigenvalue weighted by Gasteiger charge is 2.35. The highest BCUT2D eigenvalue weighted by Crippen LogP contribution is 2.28. The third-order valence-electron chi connectivity index (χ3n) is 4.54. The number of hydrogen-bond donors (Lipinski definition) is 1. The van der Waals surface area contributed by atoms with E-state index in [9.17, 15) is 9.59 Å². The molecule has 2 atom stereocenters. The fraction of sp³-hybridized carbons (Fsp3) is 0.579. The lowest BCUT2D eigenvalue weighted by Crippen LogP contribution is -2.38. The van der Waals surface area contributed by atoms with Gasteiger partial charge in [-0.05, 0) is 36.5 Å². The Morgan fingerprint density at radius 2 is 1.91 bits per heavy atom. The average molecular weight is 316 g/mol. The molecule has 4 nitrogen and oxygen atoms in total. The molecule has 1 aromatic rings. The molecule has 0 spiro atoms. The van der Waals surface area contributed by atoms with Crippen molar-refractivity contribution in [1.29, 1.82) is 0 Å². The maximum atomic E-state index is 12.3. The number of amides is 2. The standard InChI is InChI=1S/C19H28N2O2/c1-6-13(2)20-18(23)14-11-17(22)21(12-14)16-9-7-15(8-10-16)19(3,4)5/h7-10,13-14H,6,11-12H2,1-5H3,(H,20,23). The van der Waals surface area contributed by atoms with Gasteiger partial charge < -0.3 is 10.2 Å². The minimum atomic E-state index is -0.251. The molecule has 1 aliphatic heterocycles. The lowest BCUT2D eigenvalue weighted by atomic mass is 9.87. The van der Waals surface area contributed by atoms with E-state index < -0.39 is 0 Å². The second-order valence-electron chi connectivity index (χ2n) is 7.52. The molecule has 0 aromatic heterocycles. The van der Waals surface area contributed by atoms with Crippen molar-refractivity contribution in [2.45, 2.75) is 58.9 Å². The van der Waals surface area contributed by atoms with Gasteiger partial charge in [-0.1, -0.05) is 39.8 Å². The molecule has 23 heavy (non-hydrogen) atoms. The second-order valence-corrected chi connectivity index (χ2v) is 7.52. The third kappa shape index (κ3) is 4.12. The van der Waals surface area contributed by atoms with Crippen LogP contribution < -0.4 is 10.2 Å². The van der Waals surface area contributed by atoms with Gasteiger partial charge in [0, 0.05) is 24.7 Å². The molecular weight excluding hydrogens is 288 g/mol. The Kier molecular flexibility index (Phi) is 5.12. The van der Waals surface area contributed by atoms with E-state index >= 15 is 0 Å². The zero-order valence-corrected chi connectivity index (χ0v) is 14.8. The van der Waals surface area contributed by atoms with Crippen molar-refractivity contribution in [1.82, 2.24) is 5.32 Å². The molecule has 2 rings (SSSR count). The molecule has 1 heterocycles. The molecule has 4 heteroatoms. The Morgan fingerprint density at radius 1 is 1.30 bits per heavy atom. The number of carbonyl (C=O) groups is 2. The maximum absolute atomic E-state index is 12.3. The summed E-state index contributed by atoms with van der Waals surface area (Å²) in [5.41, 5.74) is 2.20. The summed E-state index contributed by atoms with van der Waals surface area (Å²) in [4.78, 5) is 26.2. The molecule has 126 valence electrons.